The number of halogens is 3. The van der Waals surface area contributed by atoms with Crippen LogP contribution in [0.25, 0.3) is 0 Å². The van der Waals surface area contributed by atoms with E-state index in [0.29, 0.717) is 12.0 Å². The van der Waals surface area contributed by atoms with Crippen molar-refractivity contribution in [1.29, 1.82) is 0 Å². The number of allylic oxidation sites excluding steroid dienone is 1. The highest BCUT2D eigenvalue weighted by atomic mass is 19.4. The van der Waals surface area contributed by atoms with E-state index in [1.165, 1.54) is 0 Å². The second-order valence-corrected chi connectivity index (χ2v) is 3.10. The molecule has 1 nitrogen and oxygen atoms in total. The van der Waals surface area contributed by atoms with Gasteiger partial charge in [-0.2, -0.15) is 13.2 Å². The van der Waals surface area contributed by atoms with E-state index in [2.05, 4.69) is 0 Å². The molecule has 0 aromatic heterocycles. The first-order valence-corrected chi connectivity index (χ1v) is 4.30. The monoisotopic (exact) mass is 196 g/mol. The Kier molecular flexibility index (Phi) is 5.06. The number of rotatable bonds is 4. The van der Waals surface area contributed by atoms with Gasteiger partial charge in [0.1, 0.15) is 0 Å². The van der Waals surface area contributed by atoms with E-state index in [9.17, 15) is 13.2 Å². The molecule has 0 saturated carbocycles. The van der Waals surface area contributed by atoms with E-state index in [4.69, 9.17) is 5.11 Å². The summed E-state index contributed by atoms with van der Waals surface area (Å²) in [5.74, 6) is 0. The maximum atomic E-state index is 11.8. The molecule has 0 bridgehead atoms. The third-order valence-electron chi connectivity index (χ3n) is 1.70. The number of alkyl halides is 3. The fourth-order valence-electron chi connectivity index (χ4n) is 0.903. The van der Waals surface area contributed by atoms with Crippen LogP contribution in [0, 0.1) is 0 Å². The maximum Gasteiger partial charge on any atom is 0.417 e. The lowest BCUT2D eigenvalue weighted by Crippen LogP contribution is -2.26. The van der Waals surface area contributed by atoms with Crippen molar-refractivity contribution in [3.8, 4) is 0 Å². The van der Waals surface area contributed by atoms with Crippen molar-refractivity contribution < 1.29 is 18.3 Å². The zero-order chi connectivity index (χ0) is 10.5. The van der Waals surface area contributed by atoms with Crippen LogP contribution in [0.2, 0.25) is 0 Å². The molecule has 0 radical (unpaired) electrons. The third-order valence-corrected chi connectivity index (χ3v) is 1.70. The lowest BCUT2D eigenvalue weighted by atomic mass is 10.1. The average Bonchev–Trinajstić information content (AvgIpc) is 1.99. The topological polar surface area (TPSA) is 20.2 Å². The molecule has 0 saturated heterocycles. The minimum absolute atomic E-state index is 0.590. The summed E-state index contributed by atoms with van der Waals surface area (Å²) < 4.78 is 35.5. The minimum Gasteiger partial charge on any atom is -0.380 e. The first-order chi connectivity index (χ1) is 5.88. The predicted octanol–water partition coefficient (Wildman–Crippen LogP) is 3.05. The van der Waals surface area contributed by atoms with E-state index in [1.54, 1.807) is 6.92 Å². The molecule has 0 amide bonds. The fourth-order valence-corrected chi connectivity index (χ4v) is 0.903. The predicted molar refractivity (Wildman–Crippen MR) is 45.3 cm³/mol. The van der Waals surface area contributed by atoms with Crippen molar-refractivity contribution in [3.63, 3.8) is 0 Å². The third kappa shape index (κ3) is 5.69. The molecule has 0 aliphatic heterocycles. The van der Waals surface area contributed by atoms with Gasteiger partial charge in [-0.25, -0.2) is 0 Å². The molecule has 0 heterocycles. The van der Waals surface area contributed by atoms with E-state index >= 15 is 0 Å². The van der Waals surface area contributed by atoms with Gasteiger partial charge in [0.25, 0.3) is 0 Å². The zero-order valence-electron chi connectivity index (χ0n) is 7.86. The van der Waals surface area contributed by atoms with E-state index in [-0.39, 0.29) is 0 Å². The second kappa shape index (κ2) is 5.27. The van der Waals surface area contributed by atoms with Gasteiger partial charge < -0.3 is 5.11 Å². The van der Waals surface area contributed by atoms with Gasteiger partial charge in [0, 0.05) is 0 Å². The maximum absolute atomic E-state index is 11.8. The molecule has 13 heavy (non-hydrogen) atoms. The fraction of sp³-hybridized carbons (Fsp3) is 0.778. The van der Waals surface area contributed by atoms with Gasteiger partial charge in [-0.05, 0) is 25.8 Å². The molecule has 4 heteroatoms. The van der Waals surface area contributed by atoms with Crippen LogP contribution >= 0.6 is 0 Å². The number of hydrogen-bond acceptors (Lipinski definition) is 1. The summed E-state index contributed by atoms with van der Waals surface area (Å²) in [6.07, 6.45) is -3.57. The standard InChI is InChI=1S/C9H15F3O/c1-3-4-5-7(2)6-8(13)9(10,11)12/h6,8,13H,3-5H2,1-2H3. The molecule has 0 aliphatic carbocycles. The Labute approximate surface area is 76.3 Å². The Morgan fingerprint density at radius 1 is 1.46 bits per heavy atom. The van der Waals surface area contributed by atoms with Gasteiger partial charge >= 0.3 is 6.18 Å². The molecule has 0 fully saturated rings. The summed E-state index contributed by atoms with van der Waals surface area (Å²) in [6, 6.07) is 0. The summed E-state index contributed by atoms with van der Waals surface area (Å²) in [6.45, 7) is 3.57. The van der Waals surface area contributed by atoms with Gasteiger partial charge in [-0.15, -0.1) is 0 Å². The van der Waals surface area contributed by atoms with Crippen molar-refractivity contribution >= 4 is 0 Å². The zero-order valence-corrected chi connectivity index (χ0v) is 7.86. The molecular formula is C9H15F3O. The first-order valence-electron chi connectivity index (χ1n) is 4.30. The lowest BCUT2D eigenvalue weighted by Gasteiger charge is -2.11. The lowest BCUT2D eigenvalue weighted by molar-refractivity contribution is -0.188. The molecule has 0 spiro atoms. The summed E-state index contributed by atoms with van der Waals surface area (Å²) in [5.41, 5.74) is 0.590. The number of hydrogen-bond donors (Lipinski definition) is 1. The van der Waals surface area contributed by atoms with Crippen molar-refractivity contribution in [3.05, 3.63) is 11.6 Å². The van der Waals surface area contributed by atoms with Gasteiger partial charge in [0.15, 0.2) is 6.10 Å². The summed E-state index contributed by atoms with van der Waals surface area (Å²) in [7, 11) is 0. The molecule has 0 aromatic carbocycles. The highest BCUT2D eigenvalue weighted by molar-refractivity contribution is 5.03. The Hall–Kier alpha value is -0.510. The minimum atomic E-state index is -4.53. The van der Waals surface area contributed by atoms with Crippen LogP contribution in [0.15, 0.2) is 11.6 Å². The van der Waals surface area contributed by atoms with E-state index in [1.807, 2.05) is 6.92 Å². The van der Waals surface area contributed by atoms with Crippen LogP contribution < -0.4 is 0 Å². The molecule has 0 rings (SSSR count). The molecule has 78 valence electrons. The molecule has 1 N–H and O–H groups in total. The normalized spacial score (nSPS) is 16.0. The van der Waals surface area contributed by atoms with Crippen LogP contribution in [0.1, 0.15) is 33.1 Å². The SMILES string of the molecule is CCCCC(C)=CC(O)C(F)(F)F. The molecule has 0 aromatic rings. The Morgan fingerprint density at radius 2 is 2.00 bits per heavy atom. The van der Waals surface area contributed by atoms with E-state index in [0.717, 1.165) is 18.9 Å². The Balaban J connectivity index is 4.06. The van der Waals surface area contributed by atoms with Gasteiger partial charge in [-0.3, -0.25) is 0 Å². The van der Waals surface area contributed by atoms with Crippen LogP contribution in [0.3, 0.4) is 0 Å². The van der Waals surface area contributed by atoms with Gasteiger partial charge in [0.2, 0.25) is 0 Å². The van der Waals surface area contributed by atoms with Crippen molar-refractivity contribution in [2.75, 3.05) is 0 Å². The van der Waals surface area contributed by atoms with Crippen molar-refractivity contribution in [2.45, 2.75) is 45.4 Å². The summed E-state index contributed by atoms with van der Waals surface area (Å²) >= 11 is 0. The molecule has 0 aliphatic rings. The van der Waals surface area contributed by atoms with Crippen LogP contribution in [-0.4, -0.2) is 17.4 Å². The average molecular weight is 196 g/mol. The number of aliphatic hydroxyl groups excluding tert-OH is 1. The Bertz CT molecular complexity index is 172. The number of aliphatic hydroxyl groups is 1. The second-order valence-electron chi connectivity index (χ2n) is 3.10. The quantitative estimate of drug-likeness (QED) is 0.685. The Morgan fingerprint density at radius 3 is 2.38 bits per heavy atom. The largest absolute Gasteiger partial charge is 0.417 e. The van der Waals surface area contributed by atoms with Gasteiger partial charge in [0.05, 0.1) is 0 Å². The molecular weight excluding hydrogens is 181 g/mol. The highest BCUT2D eigenvalue weighted by Gasteiger charge is 2.36. The molecule has 1 unspecified atom stereocenters. The van der Waals surface area contributed by atoms with Gasteiger partial charge in [-0.1, -0.05) is 18.9 Å². The van der Waals surface area contributed by atoms with Crippen molar-refractivity contribution in [2.24, 2.45) is 0 Å². The summed E-state index contributed by atoms with van der Waals surface area (Å²) in [5, 5.41) is 8.65. The summed E-state index contributed by atoms with van der Waals surface area (Å²) in [4.78, 5) is 0. The smallest absolute Gasteiger partial charge is 0.380 e. The first kappa shape index (κ1) is 12.5. The van der Waals surface area contributed by atoms with Crippen LogP contribution in [-0.2, 0) is 0 Å². The van der Waals surface area contributed by atoms with E-state index < -0.39 is 12.3 Å². The molecule has 1 atom stereocenters. The van der Waals surface area contributed by atoms with Crippen LogP contribution in [0.4, 0.5) is 13.2 Å². The number of unbranched alkanes of at least 4 members (excludes halogenated alkanes) is 1. The van der Waals surface area contributed by atoms with Crippen LogP contribution in [0.5, 0.6) is 0 Å². The highest BCUT2D eigenvalue weighted by Crippen LogP contribution is 2.22. The van der Waals surface area contributed by atoms with Crippen molar-refractivity contribution in [1.82, 2.24) is 0 Å².